The van der Waals surface area contributed by atoms with Gasteiger partial charge in [-0.3, -0.25) is 4.79 Å². The SMILES string of the molecule is CC[C@]1(O)C[C@@H](C)[C@@]2(O)[C@H]([C@H]1O)[C@H](O)[C@@](O)(CO)[C@@H](O)[C@]1(O)C(=O)C(C)=C[C@H]12. The fourth-order valence-electron chi connectivity index (χ4n) is 5.75. The van der Waals surface area contributed by atoms with E-state index in [9.17, 15) is 45.6 Å². The third-order valence-corrected chi connectivity index (χ3v) is 7.59. The lowest BCUT2D eigenvalue weighted by atomic mass is 9.54. The Morgan fingerprint density at radius 2 is 1.68 bits per heavy atom. The number of hydrogen-bond acceptors (Lipinski definition) is 9. The average Bonchev–Trinajstić information content (AvgIpc) is 2.88. The van der Waals surface area contributed by atoms with Crippen LogP contribution in [0.1, 0.15) is 33.6 Å². The quantitative estimate of drug-likeness (QED) is 0.242. The van der Waals surface area contributed by atoms with Crippen LogP contribution in [0.25, 0.3) is 0 Å². The molecule has 0 amide bonds. The van der Waals surface area contributed by atoms with Gasteiger partial charge in [0.15, 0.2) is 11.4 Å². The van der Waals surface area contributed by atoms with Gasteiger partial charge >= 0.3 is 0 Å². The summed E-state index contributed by atoms with van der Waals surface area (Å²) >= 11 is 0. The van der Waals surface area contributed by atoms with Crippen molar-refractivity contribution >= 4 is 5.78 Å². The molecule has 2 fully saturated rings. The van der Waals surface area contributed by atoms with E-state index in [-0.39, 0.29) is 18.4 Å². The van der Waals surface area contributed by atoms with Crippen molar-refractivity contribution in [1.82, 2.24) is 0 Å². The first-order valence-corrected chi connectivity index (χ1v) is 9.54. The second-order valence-electron chi connectivity index (χ2n) is 8.90. The molecule has 0 bridgehead atoms. The Balaban J connectivity index is 2.33. The minimum Gasteiger partial charge on any atom is -0.393 e. The monoisotopic (exact) mass is 402 g/mol. The van der Waals surface area contributed by atoms with Gasteiger partial charge < -0.3 is 40.9 Å². The molecule has 0 aromatic carbocycles. The number of aliphatic hydroxyl groups excluding tert-OH is 4. The molecular weight excluding hydrogens is 372 g/mol. The van der Waals surface area contributed by atoms with Gasteiger partial charge in [0.2, 0.25) is 0 Å². The van der Waals surface area contributed by atoms with Gasteiger partial charge in [0, 0.05) is 11.8 Å². The molecule has 8 N–H and O–H groups in total. The standard InChI is InChI=1S/C19H30O9/c1-4-16(25)6-9(3)18(27)10-5-8(2)12(21)19(10,28)15(24)17(26,7-20)14(23)11(18)13(16)22/h5,9-11,13-15,20,22-28H,4,6-7H2,1-3H3/t9-,10+,11-,13-,14+,15-,16+,17+,18+,19-/m1/s1. The zero-order chi connectivity index (χ0) is 21.4. The average molecular weight is 402 g/mol. The van der Waals surface area contributed by atoms with Gasteiger partial charge in [0.05, 0.1) is 30.0 Å². The van der Waals surface area contributed by atoms with Crippen LogP contribution in [0.3, 0.4) is 0 Å². The summed E-state index contributed by atoms with van der Waals surface area (Å²) < 4.78 is 0. The summed E-state index contributed by atoms with van der Waals surface area (Å²) in [6, 6.07) is 0. The minimum absolute atomic E-state index is 0.0356. The molecule has 0 saturated heterocycles. The molecule has 0 radical (unpaired) electrons. The highest BCUT2D eigenvalue weighted by Crippen LogP contribution is 2.59. The largest absolute Gasteiger partial charge is 0.393 e. The van der Waals surface area contributed by atoms with Crippen LogP contribution in [-0.2, 0) is 4.79 Å². The third-order valence-electron chi connectivity index (χ3n) is 7.59. The number of carbonyl (C=O) groups is 1. The highest BCUT2D eigenvalue weighted by atomic mass is 16.4. The van der Waals surface area contributed by atoms with Crippen molar-refractivity contribution in [3.05, 3.63) is 11.6 Å². The van der Waals surface area contributed by atoms with Gasteiger partial charge in [-0.25, -0.2) is 0 Å². The summed E-state index contributed by atoms with van der Waals surface area (Å²) in [6.07, 6.45) is -5.04. The van der Waals surface area contributed by atoms with E-state index in [0.29, 0.717) is 0 Å². The lowest BCUT2D eigenvalue weighted by Crippen LogP contribution is -2.70. The Hall–Kier alpha value is -0.910. The Kier molecular flexibility index (Phi) is 4.90. The maximum absolute atomic E-state index is 12.7. The van der Waals surface area contributed by atoms with E-state index in [2.05, 4.69) is 0 Å². The molecular formula is C19H30O9. The van der Waals surface area contributed by atoms with Crippen molar-refractivity contribution in [3.63, 3.8) is 0 Å². The van der Waals surface area contributed by atoms with Crippen molar-refractivity contribution < 1.29 is 45.6 Å². The van der Waals surface area contributed by atoms with Crippen LogP contribution in [0.15, 0.2) is 11.6 Å². The minimum atomic E-state index is -2.83. The zero-order valence-electron chi connectivity index (χ0n) is 16.1. The molecule has 9 heteroatoms. The zero-order valence-corrected chi connectivity index (χ0v) is 16.1. The second-order valence-corrected chi connectivity index (χ2v) is 8.90. The van der Waals surface area contributed by atoms with Crippen molar-refractivity contribution in [2.24, 2.45) is 17.8 Å². The van der Waals surface area contributed by atoms with Crippen LogP contribution in [0.4, 0.5) is 0 Å². The van der Waals surface area contributed by atoms with Gasteiger partial charge in [-0.05, 0) is 31.3 Å². The molecule has 3 aliphatic carbocycles. The van der Waals surface area contributed by atoms with Crippen molar-refractivity contribution in [3.8, 4) is 0 Å². The molecule has 10 atom stereocenters. The normalized spacial score (nSPS) is 56.7. The Labute approximate surface area is 162 Å². The number of fused-ring (bicyclic) bond motifs is 3. The molecule has 0 aromatic heterocycles. The van der Waals surface area contributed by atoms with Crippen molar-refractivity contribution in [1.29, 1.82) is 0 Å². The van der Waals surface area contributed by atoms with Gasteiger partial charge in [-0.15, -0.1) is 0 Å². The Morgan fingerprint density at radius 1 is 1.11 bits per heavy atom. The molecule has 0 unspecified atom stereocenters. The molecule has 3 rings (SSSR count). The van der Waals surface area contributed by atoms with Crippen molar-refractivity contribution in [2.45, 2.75) is 74.3 Å². The predicted octanol–water partition coefficient (Wildman–Crippen LogP) is -2.79. The molecule has 9 nitrogen and oxygen atoms in total. The fourth-order valence-corrected chi connectivity index (χ4v) is 5.75. The molecule has 0 aromatic rings. The summed E-state index contributed by atoms with van der Waals surface area (Å²) in [7, 11) is 0. The van der Waals surface area contributed by atoms with Gasteiger partial charge in [-0.2, -0.15) is 0 Å². The molecule has 3 aliphatic rings. The van der Waals surface area contributed by atoms with Crippen LogP contribution in [-0.4, -0.2) is 94.0 Å². The summed E-state index contributed by atoms with van der Waals surface area (Å²) in [5, 5.41) is 87.2. The predicted molar refractivity (Wildman–Crippen MR) is 94.7 cm³/mol. The lowest BCUT2D eigenvalue weighted by Gasteiger charge is -2.57. The summed E-state index contributed by atoms with van der Waals surface area (Å²) in [6.45, 7) is 3.26. The molecule has 28 heavy (non-hydrogen) atoms. The maximum Gasteiger partial charge on any atom is 0.193 e. The summed E-state index contributed by atoms with van der Waals surface area (Å²) in [5.41, 5.74) is -9.40. The second kappa shape index (κ2) is 6.29. The number of rotatable bonds is 2. The van der Waals surface area contributed by atoms with Gasteiger partial charge in [0.1, 0.15) is 11.7 Å². The van der Waals surface area contributed by atoms with Crippen molar-refractivity contribution in [2.75, 3.05) is 6.61 Å². The van der Waals surface area contributed by atoms with E-state index >= 15 is 0 Å². The van der Waals surface area contributed by atoms with Crippen LogP contribution in [0.2, 0.25) is 0 Å². The molecule has 160 valence electrons. The number of carbonyl (C=O) groups excluding carboxylic acids is 1. The number of hydrogen-bond donors (Lipinski definition) is 8. The lowest BCUT2D eigenvalue weighted by molar-refractivity contribution is -0.270. The summed E-state index contributed by atoms with van der Waals surface area (Å²) in [4.78, 5) is 12.7. The van der Waals surface area contributed by atoms with E-state index in [4.69, 9.17) is 0 Å². The topological polar surface area (TPSA) is 179 Å². The van der Waals surface area contributed by atoms with Crippen LogP contribution in [0.5, 0.6) is 0 Å². The number of ketones is 1. The van der Waals surface area contributed by atoms with E-state index in [0.717, 1.165) is 0 Å². The Bertz CT molecular complexity index is 710. The van der Waals surface area contributed by atoms with Crippen LogP contribution >= 0.6 is 0 Å². The number of Topliss-reactive ketones (excluding diaryl/α,β-unsaturated/α-hetero) is 1. The highest BCUT2D eigenvalue weighted by Gasteiger charge is 2.76. The first kappa shape index (κ1) is 21.8. The fraction of sp³-hybridized carbons (Fsp3) is 0.842. The first-order valence-electron chi connectivity index (χ1n) is 9.54. The summed E-state index contributed by atoms with van der Waals surface area (Å²) in [5.74, 6) is -4.94. The van der Waals surface area contributed by atoms with Crippen LogP contribution < -0.4 is 0 Å². The molecule has 0 aliphatic heterocycles. The molecule has 0 heterocycles. The highest BCUT2D eigenvalue weighted by molar-refractivity contribution is 6.05. The molecule has 2 saturated carbocycles. The number of aliphatic hydroxyl groups is 8. The van der Waals surface area contributed by atoms with Gasteiger partial charge in [0.25, 0.3) is 0 Å². The van der Waals surface area contributed by atoms with Gasteiger partial charge in [-0.1, -0.05) is 19.9 Å². The maximum atomic E-state index is 12.7. The van der Waals surface area contributed by atoms with E-state index < -0.39 is 70.9 Å². The van der Waals surface area contributed by atoms with E-state index in [1.165, 1.54) is 19.9 Å². The molecule has 0 spiro atoms. The van der Waals surface area contributed by atoms with E-state index in [1.54, 1.807) is 6.92 Å². The van der Waals surface area contributed by atoms with Crippen LogP contribution in [0, 0.1) is 17.8 Å². The third kappa shape index (κ3) is 2.27. The smallest absolute Gasteiger partial charge is 0.193 e. The first-order chi connectivity index (χ1) is 12.8. The Morgan fingerprint density at radius 3 is 2.18 bits per heavy atom. The van der Waals surface area contributed by atoms with E-state index in [1.807, 2.05) is 0 Å².